The van der Waals surface area contributed by atoms with Gasteiger partial charge >= 0.3 is 0 Å². The zero-order valence-electron chi connectivity index (χ0n) is 10.9. The van der Waals surface area contributed by atoms with Gasteiger partial charge in [0.25, 0.3) is 0 Å². The lowest BCUT2D eigenvalue weighted by Gasteiger charge is -2.27. The summed E-state index contributed by atoms with van der Waals surface area (Å²) in [5, 5.41) is 9.32. The summed E-state index contributed by atoms with van der Waals surface area (Å²) in [7, 11) is -3.19. The van der Waals surface area contributed by atoms with Crippen LogP contribution >= 0.6 is 0 Å². The monoisotopic (exact) mass is 263 g/mol. The molecule has 0 aromatic carbocycles. The van der Waals surface area contributed by atoms with E-state index in [0.29, 0.717) is 18.9 Å². The second-order valence-corrected chi connectivity index (χ2v) is 7.34. The molecule has 1 fully saturated rings. The lowest BCUT2D eigenvalue weighted by molar-refractivity contribution is 0.186. The Hall–Kier alpha value is -0.130. The highest BCUT2D eigenvalue weighted by molar-refractivity contribution is 7.89. The Morgan fingerprint density at radius 3 is 2.59 bits per heavy atom. The van der Waals surface area contributed by atoms with Crippen LogP contribution in [0.5, 0.6) is 0 Å². The minimum atomic E-state index is -3.19. The second-order valence-electron chi connectivity index (χ2n) is 5.29. The second kappa shape index (κ2) is 6.71. The van der Waals surface area contributed by atoms with E-state index in [2.05, 4.69) is 0 Å². The smallest absolute Gasteiger partial charge is 0.214 e. The molecule has 17 heavy (non-hydrogen) atoms. The Balaban J connectivity index is 2.71. The number of nitrogens with zero attached hydrogens (tertiary/aromatic N) is 1. The van der Waals surface area contributed by atoms with Crippen LogP contribution in [-0.2, 0) is 10.0 Å². The van der Waals surface area contributed by atoms with Crippen molar-refractivity contribution >= 4 is 10.0 Å². The molecule has 1 atom stereocenters. The Kier molecular flexibility index (Phi) is 5.89. The zero-order chi connectivity index (χ0) is 12.9. The van der Waals surface area contributed by atoms with Crippen molar-refractivity contribution in [2.45, 2.75) is 52.0 Å². The highest BCUT2D eigenvalue weighted by Gasteiger charge is 2.30. The normalized spacial score (nSPS) is 23.9. The van der Waals surface area contributed by atoms with Crippen molar-refractivity contribution in [3.63, 3.8) is 0 Å². The first kappa shape index (κ1) is 14.9. The summed E-state index contributed by atoms with van der Waals surface area (Å²) >= 11 is 0. The van der Waals surface area contributed by atoms with Crippen molar-refractivity contribution in [2.24, 2.45) is 5.92 Å². The molecule has 0 spiro atoms. The molecule has 0 saturated carbocycles. The van der Waals surface area contributed by atoms with Crippen LogP contribution in [0.25, 0.3) is 0 Å². The Morgan fingerprint density at radius 2 is 2.00 bits per heavy atom. The maximum Gasteiger partial charge on any atom is 0.214 e. The fraction of sp³-hybridized carbons (Fsp3) is 1.00. The molecule has 1 N–H and O–H groups in total. The molecule has 1 aliphatic heterocycles. The van der Waals surface area contributed by atoms with Gasteiger partial charge in [-0.3, -0.25) is 0 Å². The molecule has 0 aliphatic carbocycles. The molecule has 0 radical (unpaired) electrons. The predicted octanol–water partition coefficient (Wildman–Crippen LogP) is 1.60. The molecule has 0 aromatic rings. The van der Waals surface area contributed by atoms with Crippen LogP contribution in [0.2, 0.25) is 0 Å². The lowest BCUT2D eigenvalue weighted by Crippen LogP contribution is -2.43. The van der Waals surface area contributed by atoms with Crippen molar-refractivity contribution in [3.8, 4) is 0 Å². The maximum atomic E-state index is 12.2. The van der Waals surface area contributed by atoms with E-state index < -0.39 is 10.0 Å². The van der Waals surface area contributed by atoms with Crippen LogP contribution in [0.3, 0.4) is 0 Å². The molecule has 0 bridgehead atoms. The first-order valence-corrected chi connectivity index (χ1v) is 8.18. The fourth-order valence-electron chi connectivity index (χ4n) is 2.20. The van der Waals surface area contributed by atoms with Crippen LogP contribution in [0.15, 0.2) is 0 Å². The molecule has 102 valence electrons. The van der Waals surface area contributed by atoms with Crippen LogP contribution in [0.4, 0.5) is 0 Å². The topological polar surface area (TPSA) is 57.6 Å². The fourth-order valence-corrected chi connectivity index (χ4v) is 4.24. The van der Waals surface area contributed by atoms with Gasteiger partial charge in [0, 0.05) is 12.6 Å². The van der Waals surface area contributed by atoms with Crippen LogP contribution < -0.4 is 0 Å². The third kappa shape index (κ3) is 4.56. The van der Waals surface area contributed by atoms with E-state index in [1.54, 1.807) is 4.31 Å². The van der Waals surface area contributed by atoms with Crippen molar-refractivity contribution < 1.29 is 13.5 Å². The minimum Gasteiger partial charge on any atom is -0.395 e. The van der Waals surface area contributed by atoms with E-state index in [-0.39, 0.29) is 18.4 Å². The number of sulfonamides is 1. The number of rotatable bonds is 5. The van der Waals surface area contributed by atoms with Crippen LogP contribution in [-0.4, -0.2) is 42.8 Å². The predicted molar refractivity (Wildman–Crippen MR) is 69.3 cm³/mol. The molecular formula is C12H25NO3S. The first-order chi connectivity index (χ1) is 7.97. The van der Waals surface area contributed by atoms with Gasteiger partial charge in [-0.1, -0.05) is 26.7 Å². The SMILES string of the molecule is CC(C)CCS(=O)(=O)N1CCCCCC1CO. The molecule has 0 aromatic heterocycles. The van der Waals surface area contributed by atoms with E-state index in [1.807, 2.05) is 13.8 Å². The van der Waals surface area contributed by atoms with Gasteiger partial charge in [0.15, 0.2) is 0 Å². The summed E-state index contributed by atoms with van der Waals surface area (Å²) in [6.07, 6.45) is 4.47. The Bertz CT molecular complexity index is 314. The molecule has 1 aliphatic rings. The van der Waals surface area contributed by atoms with Gasteiger partial charge in [-0.2, -0.15) is 4.31 Å². The largest absolute Gasteiger partial charge is 0.395 e. The van der Waals surface area contributed by atoms with E-state index in [4.69, 9.17) is 0 Å². The molecular weight excluding hydrogens is 238 g/mol. The number of hydrogen-bond acceptors (Lipinski definition) is 3. The van der Waals surface area contributed by atoms with Gasteiger partial charge < -0.3 is 5.11 Å². The molecule has 1 saturated heterocycles. The van der Waals surface area contributed by atoms with Gasteiger partial charge in [0.1, 0.15) is 0 Å². The first-order valence-electron chi connectivity index (χ1n) is 6.57. The van der Waals surface area contributed by atoms with E-state index in [9.17, 15) is 13.5 Å². The Labute approximate surface area is 105 Å². The van der Waals surface area contributed by atoms with Crippen molar-refractivity contribution in [3.05, 3.63) is 0 Å². The van der Waals surface area contributed by atoms with E-state index >= 15 is 0 Å². The number of hydrogen-bond donors (Lipinski definition) is 1. The average molecular weight is 263 g/mol. The molecule has 5 heteroatoms. The summed E-state index contributed by atoms with van der Waals surface area (Å²) in [6.45, 7) is 4.58. The molecule has 1 rings (SSSR count). The summed E-state index contributed by atoms with van der Waals surface area (Å²) < 4.78 is 26.0. The van der Waals surface area contributed by atoms with Crippen molar-refractivity contribution in [1.82, 2.24) is 4.31 Å². The van der Waals surface area contributed by atoms with Gasteiger partial charge in [0.2, 0.25) is 10.0 Å². The molecule has 0 amide bonds. The highest BCUT2D eigenvalue weighted by atomic mass is 32.2. The quantitative estimate of drug-likeness (QED) is 0.819. The van der Waals surface area contributed by atoms with Gasteiger partial charge in [-0.05, 0) is 25.2 Å². The third-order valence-electron chi connectivity index (χ3n) is 3.34. The summed E-state index contributed by atoms with van der Waals surface area (Å²) in [5.41, 5.74) is 0. The summed E-state index contributed by atoms with van der Waals surface area (Å²) in [5.74, 6) is 0.602. The molecule has 1 heterocycles. The van der Waals surface area contributed by atoms with Gasteiger partial charge in [0.05, 0.1) is 12.4 Å². The third-order valence-corrected chi connectivity index (χ3v) is 5.29. The summed E-state index contributed by atoms with van der Waals surface area (Å²) in [4.78, 5) is 0. The van der Waals surface area contributed by atoms with Crippen LogP contribution in [0, 0.1) is 5.92 Å². The number of aliphatic hydroxyl groups is 1. The Morgan fingerprint density at radius 1 is 1.29 bits per heavy atom. The minimum absolute atomic E-state index is 0.0547. The number of aliphatic hydroxyl groups excluding tert-OH is 1. The summed E-state index contributed by atoms with van der Waals surface area (Å²) in [6, 6.07) is -0.199. The van der Waals surface area contributed by atoms with E-state index in [1.165, 1.54) is 0 Å². The average Bonchev–Trinajstić information content (AvgIpc) is 2.51. The molecule has 1 unspecified atom stereocenters. The standard InChI is InChI=1S/C12H25NO3S/c1-11(2)7-9-17(15,16)13-8-5-3-4-6-12(13)10-14/h11-12,14H,3-10H2,1-2H3. The molecule has 4 nitrogen and oxygen atoms in total. The van der Waals surface area contributed by atoms with Crippen molar-refractivity contribution in [2.75, 3.05) is 18.9 Å². The van der Waals surface area contributed by atoms with E-state index in [0.717, 1.165) is 25.7 Å². The van der Waals surface area contributed by atoms with Gasteiger partial charge in [-0.25, -0.2) is 8.42 Å². The zero-order valence-corrected chi connectivity index (χ0v) is 11.7. The van der Waals surface area contributed by atoms with Gasteiger partial charge in [-0.15, -0.1) is 0 Å². The highest BCUT2D eigenvalue weighted by Crippen LogP contribution is 2.21. The van der Waals surface area contributed by atoms with Crippen molar-refractivity contribution in [1.29, 1.82) is 0 Å². The lowest BCUT2D eigenvalue weighted by atomic mass is 10.1. The van der Waals surface area contributed by atoms with Crippen LogP contribution in [0.1, 0.15) is 46.0 Å². The maximum absolute atomic E-state index is 12.2.